The van der Waals surface area contributed by atoms with E-state index in [0.717, 1.165) is 17.7 Å². The molecule has 0 saturated heterocycles. The van der Waals surface area contributed by atoms with E-state index in [1.165, 1.54) is 0 Å². The summed E-state index contributed by atoms with van der Waals surface area (Å²) >= 11 is 0. The van der Waals surface area contributed by atoms with Gasteiger partial charge in [-0.1, -0.05) is 36.8 Å². The van der Waals surface area contributed by atoms with Crippen LogP contribution in [0.15, 0.2) is 24.3 Å². The highest BCUT2D eigenvalue weighted by atomic mass is 32.2. The van der Waals surface area contributed by atoms with Gasteiger partial charge in [0.2, 0.25) is 0 Å². The molecule has 90 valence electrons. The summed E-state index contributed by atoms with van der Waals surface area (Å²) in [7, 11) is -2.99. The van der Waals surface area contributed by atoms with Crippen molar-refractivity contribution in [3.8, 4) is 0 Å². The molecule has 1 N–H and O–H groups in total. The number of hydrogen-bond acceptors (Lipinski definition) is 3. The van der Waals surface area contributed by atoms with Gasteiger partial charge < -0.3 is 5.32 Å². The van der Waals surface area contributed by atoms with Crippen LogP contribution in [0.25, 0.3) is 0 Å². The maximum absolute atomic E-state index is 11.7. The Bertz CT molecular complexity index is 426. The third-order valence-electron chi connectivity index (χ3n) is 2.31. The first-order valence-electron chi connectivity index (χ1n) is 5.50. The van der Waals surface area contributed by atoms with E-state index in [1.807, 2.05) is 38.1 Å². The van der Waals surface area contributed by atoms with Crippen LogP contribution in [0.1, 0.15) is 18.1 Å². The summed E-state index contributed by atoms with van der Waals surface area (Å²) in [5.74, 6) is 0.342. The number of benzene rings is 1. The first-order chi connectivity index (χ1) is 7.53. The van der Waals surface area contributed by atoms with Crippen molar-refractivity contribution in [3.63, 3.8) is 0 Å². The predicted molar refractivity (Wildman–Crippen MR) is 67.2 cm³/mol. The maximum atomic E-state index is 11.7. The number of nitrogens with one attached hydrogen (secondary N) is 1. The molecule has 0 atom stereocenters. The molecule has 3 nitrogen and oxygen atoms in total. The monoisotopic (exact) mass is 241 g/mol. The Morgan fingerprint density at radius 3 is 2.69 bits per heavy atom. The second-order valence-electron chi connectivity index (χ2n) is 3.93. The Balaban J connectivity index is 2.59. The van der Waals surface area contributed by atoms with Gasteiger partial charge in [0.1, 0.15) is 0 Å². The van der Waals surface area contributed by atoms with Crippen LogP contribution in [0.5, 0.6) is 0 Å². The van der Waals surface area contributed by atoms with E-state index >= 15 is 0 Å². The smallest absolute Gasteiger partial charge is 0.155 e. The lowest BCUT2D eigenvalue weighted by Crippen LogP contribution is -2.23. The largest absolute Gasteiger partial charge is 0.316 e. The fourth-order valence-electron chi connectivity index (χ4n) is 1.53. The quantitative estimate of drug-likeness (QED) is 0.768. The maximum Gasteiger partial charge on any atom is 0.155 e. The van der Waals surface area contributed by atoms with Crippen LogP contribution in [0.2, 0.25) is 0 Å². The first kappa shape index (κ1) is 13.2. The molecule has 0 aliphatic rings. The van der Waals surface area contributed by atoms with Crippen LogP contribution in [-0.4, -0.2) is 27.3 Å². The summed E-state index contributed by atoms with van der Waals surface area (Å²) in [5, 5.41) is 3.02. The molecule has 0 radical (unpaired) electrons. The molecule has 1 rings (SSSR count). The van der Waals surface area contributed by atoms with Crippen molar-refractivity contribution < 1.29 is 8.42 Å². The molecule has 0 fully saturated rings. The van der Waals surface area contributed by atoms with E-state index in [2.05, 4.69) is 5.32 Å². The van der Waals surface area contributed by atoms with Gasteiger partial charge in [-0.3, -0.25) is 0 Å². The fraction of sp³-hybridized carbons (Fsp3) is 0.500. The van der Waals surface area contributed by atoms with Crippen molar-refractivity contribution in [2.24, 2.45) is 0 Å². The lowest BCUT2D eigenvalue weighted by Gasteiger charge is -2.05. The average Bonchev–Trinajstić information content (AvgIpc) is 2.17. The zero-order valence-electron chi connectivity index (χ0n) is 9.86. The molecule has 4 heteroatoms. The summed E-state index contributed by atoms with van der Waals surface area (Å²) in [6.07, 6.45) is 0. The molecular formula is C12H19NO2S. The Morgan fingerprint density at radius 1 is 1.31 bits per heavy atom. The molecule has 0 aromatic heterocycles. The molecule has 0 unspecified atom stereocenters. The molecule has 1 aromatic carbocycles. The number of aryl methyl sites for hydroxylation is 1. The third-order valence-corrected chi connectivity index (χ3v) is 3.91. The van der Waals surface area contributed by atoms with Crippen LogP contribution in [-0.2, 0) is 15.6 Å². The van der Waals surface area contributed by atoms with Crippen molar-refractivity contribution in [2.45, 2.75) is 19.6 Å². The fourth-order valence-corrected chi connectivity index (χ4v) is 2.82. The highest BCUT2D eigenvalue weighted by molar-refractivity contribution is 7.90. The SMILES string of the molecule is CCNCCS(=O)(=O)Cc1cccc(C)c1. The first-order valence-corrected chi connectivity index (χ1v) is 7.32. The van der Waals surface area contributed by atoms with Gasteiger partial charge in [-0.15, -0.1) is 0 Å². The van der Waals surface area contributed by atoms with E-state index in [1.54, 1.807) is 0 Å². The summed E-state index contributed by atoms with van der Waals surface area (Å²) in [5.41, 5.74) is 1.97. The lowest BCUT2D eigenvalue weighted by atomic mass is 10.2. The number of sulfone groups is 1. The second-order valence-corrected chi connectivity index (χ2v) is 6.12. The molecule has 16 heavy (non-hydrogen) atoms. The molecule has 1 aromatic rings. The van der Waals surface area contributed by atoms with Crippen molar-refractivity contribution >= 4 is 9.84 Å². The summed E-state index contributed by atoms with van der Waals surface area (Å²) < 4.78 is 23.5. The van der Waals surface area contributed by atoms with Crippen molar-refractivity contribution in [3.05, 3.63) is 35.4 Å². The van der Waals surface area contributed by atoms with E-state index in [0.29, 0.717) is 6.54 Å². The van der Waals surface area contributed by atoms with Crippen molar-refractivity contribution in [1.29, 1.82) is 0 Å². The minimum atomic E-state index is -2.99. The normalized spacial score (nSPS) is 11.6. The Morgan fingerprint density at radius 2 is 2.06 bits per heavy atom. The van der Waals surface area contributed by atoms with Crippen molar-refractivity contribution in [2.75, 3.05) is 18.8 Å². The standard InChI is InChI=1S/C12H19NO2S/c1-3-13-7-8-16(14,15)10-12-6-4-5-11(2)9-12/h4-6,9,13H,3,7-8,10H2,1-2H3. The van der Waals surface area contributed by atoms with Gasteiger partial charge in [-0.25, -0.2) is 8.42 Å². The van der Waals surface area contributed by atoms with Gasteiger partial charge in [0.15, 0.2) is 9.84 Å². The lowest BCUT2D eigenvalue weighted by molar-refractivity contribution is 0.591. The summed E-state index contributed by atoms with van der Waals surface area (Å²) in [4.78, 5) is 0. The Kier molecular flexibility index (Phi) is 4.96. The minimum absolute atomic E-state index is 0.139. The molecule has 0 heterocycles. The molecule has 0 saturated carbocycles. The Hall–Kier alpha value is -0.870. The van der Waals surface area contributed by atoms with Crippen LogP contribution in [0, 0.1) is 6.92 Å². The molecule has 0 amide bonds. The zero-order valence-corrected chi connectivity index (χ0v) is 10.7. The molecule has 0 aliphatic carbocycles. The topological polar surface area (TPSA) is 46.2 Å². The highest BCUT2D eigenvalue weighted by Crippen LogP contribution is 2.08. The van der Waals surface area contributed by atoms with Gasteiger partial charge in [-0.2, -0.15) is 0 Å². The number of hydrogen-bond donors (Lipinski definition) is 1. The van der Waals surface area contributed by atoms with Gasteiger partial charge in [0.05, 0.1) is 11.5 Å². The van der Waals surface area contributed by atoms with Crippen LogP contribution in [0.3, 0.4) is 0 Å². The van der Waals surface area contributed by atoms with E-state index in [4.69, 9.17) is 0 Å². The molecular weight excluding hydrogens is 222 g/mol. The summed E-state index contributed by atoms with van der Waals surface area (Å²) in [6.45, 7) is 5.27. The minimum Gasteiger partial charge on any atom is -0.316 e. The van der Waals surface area contributed by atoms with E-state index in [9.17, 15) is 8.42 Å². The molecule has 0 spiro atoms. The third kappa shape index (κ3) is 4.77. The van der Waals surface area contributed by atoms with E-state index in [-0.39, 0.29) is 11.5 Å². The zero-order chi connectivity index (χ0) is 12.0. The molecule has 0 bridgehead atoms. The summed E-state index contributed by atoms with van der Waals surface area (Å²) in [6, 6.07) is 7.64. The molecule has 0 aliphatic heterocycles. The van der Waals surface area contributed by atoms with Gasteiger partial charge in [-0.05, 0) is 19.0 Å². The van der Waals surface area contributed by atoms with Crippen LogP contribution >= 0.6 is 0 Å². The van der Waals surface area contributed by atoms with Gasteiger partial charge in [0, 0.05) is 6.54 Å². The number of rotatable bonds is 6. The highest BCUT2D eigenvalue weighted by Gasteiger charge is 2.11. The van der Waals surface area contributed by atoms with Crippen LogP contribution in [0.4, 0.5) is 0 Å². The van der Waals surface area contributed by atoms with Crippen molar-refractivity contribution in [1.82, 2.24) is 5.32 Å². The van der Waals surface area contributed by atoms with Gasteiger partial charge >= 0.3 is 0 Å². The predicted octanol–water partition coefficient (Wildman–Crippen LogP) is 1.52. The van der Waals surface area contributed by atoms with Gasteiger partial charge in [0.25, 0.3) is 0 Å². The van der Waals surface area contributed by atoms with Crippen LogP contribution < -0.4 is 5.32 Å². The van der Waals surface area contributed by atoms with E-state index < -0.39 is 9.84 Å². The average molecular weight is 241 g/mol. The second kappa shape index (κ2) is 6.01. The Labute approximate surface area is 97.8 Å².